The molecule has 0 aliphatic rings. The van der Waals surface area contributed by atoms with Gasteiger partial charge in [0.15, 0.2) is 5.82 Å². The van der Waals surface area contributed by atoms with E-state index in [4.69, 9.17) is 4.74 Å². The Kier molecular flexibility index (Phi) is 5.35. The number of fused-ring (bicyclic) bond motifs is 1. The van der Waals surface area contributed by atoms with Crippen LogP contribution in [0.15, 0.2) is 84.9 Å². The van der Waals surface area contributed by atoms with Gasteiger partial charge in [-0.05, 0) is 58.7 Å². The highest BCUT2D eigenvalue weighted by Gasteiger charge is 2.03. The van der Waals surface area contributed by atoms with Crippen LogP contribution in [-0.2, 0) is 19.4 Å². The molecule has 0 radical (unpaired) electrons. The van der Waals surface area contributed by atoms with Crippen LogP contribution in [0.5, 0.6) is 5.75 Å². The van der Waals surface area contributed by atoms with Gasteiger partial charge in [0.2, 0.25) is 0 Å². The van der Waals surface area contributed by atoms with Crippen molar-refractivity contribution in [1.29, 1.82) is 0 Å². The largest absolute Gasteiger partial charge is 0.487 e. The first-order valence-corrected chi connectivity index (χ1v) is 10.2. The van der Waals surface area contributed by atoms with Crippen molar-refractivity contribution < 1.29 is 4.74 Å². The number of hydrogen-bond acceptors (Lipinski definition) is 5. The molecule has 2 aromatic heterocycles. The van der Waals surface area contributed by atoms with Crippen molar-refractivity contribution in [2.75, 3.05) is 0 Å². The Labute approximate surface area is 179 Å². The number of aromatic amines is 1. The summed E-state index contributed by atoms with van der Waals surface area (Å²) in [5, 5.41) is 15.1. The van der Waals surface area contributed by atoms with Gasteiger partial charge in [0.25, 0.3) is 0 Å². The predicted molar refractivity (Wildman–Crippen MR) is 120 cm³/mol. The molecule has 152 valence electrons. The van der Waals surface area contributed by atoms with Crippen molar-refractivity contribution in [3.05, 3.63) is 102 Å². The Balaban J connectivity index is 1.15. The molecule has 0 saturated heterocycles. The van der Waals surface area contributed by atoms with E-state index in [1.165, 1.54) is 11.1 Å². The molecule has 0 amide bonds. The van der Waals surface area contributed by atoms with E-state index in [1.54, 1.807) is 0 Å². The molecule has 1 N–H and O–H groups in total. The van der Waals surface area contributed by atoms with Crippen LogP contribution in [0.25, 0.3) is 22.3 Å². The van der Waals surface area contributed by atoms with Gasteiger partial charge in [0, 0.05) is 10.9 Å². The van der Waals surface area contributed by atoms with Gasteiger partial charge in [0.05, 0.1) is 11.2 Å². The van der Waals surface area contributed by atoms with Crippen molar-refractivity contribution in [3.8, 4) is 17.1 Å². The Bertz CT molecular complexity index is 1270. The zero-order valence-corrected chi connectivity index (χ0v) is 16.9. The molecule has 0 atom stereocenters. The number of hydrogen-bond donors (Lipinski definition) is 1. The van der Waals surface area contributed by atoms with E-state index in [9.17, 15) is 0 Å². The van der Waals surface area contributed by atoms with E-state index in [1.807, 2.05) is 48.5 Å². The van der Waals surface area contributed by atoms with Gasteiger partial charge in [-0.2, -0.15) is 0 Å². The molecular weight excluding hydrogens is 386 g/mol. The lowest BCUT2D eigenvalue weighted by atomic mass is 10.0. The Morgan fingerprint density at radius 1 is 0.742 bits per heavy atom. The van der Waals surface area contributed by atoms with Crippen LogP contribution in [0, 0.1) is 0 Å². The van der Waals surface area contributed by atoms with Crippen LogP contribution in [0.1, 0.15) is 16.8 Å². The summed E-state index contributed by atoms with van der Waals surface area (Å²) in [5.41, 5.74) is 5.45. The van der Waals surface area contributed by atoms with Crippen molar-refractivity contribution >= 4 is 10.9 Å². The second kappa shape index (κ2) is 8.75. The topological polar surface area (TPSA) is 76.6 Å². The lowest BCUT2D eigenvalue weighted by molar-refractivity contribution is 0.301. The molecule has 0 saturated carbocycles. The predicted octanol–water partition coefficient (Wildman–Crippen LogP) is 4.78. The van der Waals surface area contributed by atoms with Crippen LogP contribution >= 0.6 is 0 Å². The van der Waals surface area contributed by atoms with Crippen molar-refractivity contribution in [3.63, 3.8) is 0 Å². The van der Waals surface area contributed by atoms with Crippen molar-refractivity contribution in [2.24, 2.45) is 0 Å². The number of benzene rings is 3. The van der Waals surface area contributed by atoms with Gasteiger partial charge < -0.3 is 4.74 Å². The van der Waals surface area contributed by atoms with Gasteiger partial charge >= 0.3 is 0 Å². The smallest absolute Gasteiger partial charge is 0.179 e. The van der Waals surface area contributed by atoms with Gasteiger partial charge in [0.1, 0.15) is 12.4 Å². The van der Waals surface area contributed by atoms with Crippen LogP contribution in [-0.4, -0.2) is 25.6 Å². The Hall–Kier alpha value is -4.06. The van der Waals surface area contributed by atoms with Gasteiger partial charge in [-0.3, -0.25) is 0 Å². The molecule has 5 aromatic rings. The maximum atomic E-state index is 5.93. The van der Waals surface area contributed by atoms with Crippen LogP contribution < -0.4 is 4.74 Å². The summed E-state index contributed by atoms with van der Waals surface area (Å²) >= 11 is 0. The van der Waals surface area contributed by atoms with Gasteiger partial charge in [-0.25, -0.2) is 10.1 Å². The summed E-state index contributed by atoms with van der Waals surface area (Å²) in [6.45, 7) is 0.456. The summed E-state index contributed by atoms with van der Waals surface area (Å²) < 4.78 is 5.93. The fourth-order valence-corrected chi connectivity index (χ4v) is 3.50. The monoisotopic (exact) mass is 407 g/mol. The molecule has 5 rings (SSSR count). The first kappa shape index (κ1) is 18.9. The first-order chi connectivity index (χ1) is 15.3. The normalized spacial score (nSPS) is 11.0. The van der Waals surface area contributed by atoms with Crippen LogP contribution in [0.2, 0.25) is 0 Å². The fraction of sp³-hybridized carbons (Fsp3) is 0.120. The lowest BCUT2D eigenvalue weighted by Gasteiger charge is -2.08. The van der Waals surface area contributed by atoms with Gasteiger partial charge in [-0.1, -0.05) is 60.7 Å². The number of aromatic nitrogens is 5. The zero-order valence-electron chi connectivity index (χ0n) is 16.9. The number of ether oxygens (including phenoxy) is 1. The first-order valence-electron chi connectivity index (χ1n) is 10.2. The third-order valence-electron chi connectivity index (χ3n) is 5.24. The third-order valence-corrected chi connectivity index (χ3v) is 5.24. The average Bonchev–Trinajstić information content (AvgIpc) is 3.37. The summed E-state index contributed by atoms with van der Waals surface area (Å²) in [4.78, 5) is 4.66. The molecule has 0 unspecified atom stereocenters. The molecule has 0 bridgehead atoms. The minimum Gasteiger partial charge on any atom is -0.487 e. The Morgan fingerprint density at radius 3 is 2.23 bits per heavy atom. The van der Waals surface area contributed by atoms with Crippen LogP contribution in [0.3, 0.4) is 0 Å². The fourth-order valence-electron chi connectivity index (χ4n) is 3.50. The number of para-hydroxylation sites is 1. The number of H-pyrrole nitrogens is 1. The molecule has 0 spiro atoms. The molecule has 0 aliphatic carbocycles. The maximum absolute atomic E-state index is 5.93. The summed E-state index contributed by atoms with van der Waals surface area (Å²) in [6.07, 6.45) is 1.94. The number of pyridine rings is 1. The van der Waals surface area contributed by atoms with E-state index < -0.39 is 0 Å². The second-order valence-corrected chi connectivity index (χ2v) is 7.37. The minimum atomic E-state index is 0.456. The molecular formula is C25H21N5O. The zero-order chi connectivity index (χ0) is 20.9. The van der Waals surface area contributed by atoms with E-state index in [2.05, 4.69) is 62.0 Å². The Morgan fingerprint density at radius 2 is 1.48 bits per heavy atom. The highest BCUT2D eigenvalue weighted by molar-refractivity contribution is 5.78. The third kappa shape index (κ3) is 4.59. The molecule has 2 heterocycles. The van der Waals surface area contributed by atoms with E-state index in [0.717, 1.165) is 40.8 Å². The second-order valence-electron chi connectivity index (χ2n) is 7.37. The molecule has 0 aliphatic heterocycles. The molecule has 3 aromatic carbocycles. The SMILES string of the molecule is c1ccc2nc(COc3ccc(CCc4ccc(-c5nnn[nH]5)cc4)cc3)ccc2c1. The number of rotatable bonds is 7. The van der Waals surface area contributed by atoms with Crippen molar-refractivity contribution in [2.45, 2.75) is 19.4 Å². The van der Waals surface area contributed by atoms with Crippen LogP contribution in [0.4, 0.5) is 0 Å². The molecule has 6 heteroatoms. The highest BCUT2D eigenvalue weighted by atomic mass is 16.5. The number of nitrogens with zero attached hydrogens (tertiary/aromatic N) is 4. The lowest BCUT2D eigenvalue weighted by Crippen LogP contribution is -1.98. The summed E-state index contributed by atoms with van der Waals surface area (Å²) in [6, 6.07) is 28.8. The molecule has 0 fully saturated rings. The van der Waals surface area contributed by atoms with E-state index in [-0.39, 0.29) is 0 Å². The summed E-state index contributed by atoms with van der Waals surface area (Å²) in [5.74, 6) is 1.53. The quantitative estimate of drug-likeness (QED) is 0.420. The van der Waals surface area contributed by atoms with E-state index in [0.29, 0.717) is 12.4 Å². The average molecular weight is 407 g/mol. The minimum absolute atomic E-state index is 0.456. The van der Waals surface area contributed by atoms with E-state index >= 15 is 0 Å². The number of aryl methyl sites for hydroxylation is 2. The molecule has 6 nitrogen and oxygen atoms in total. The highest BCUT2D eigenvalue weighted by Crippen LogP contribution is 2.18. The number of nitrogens with one attached hydrogen (secondary N) is 1. The maximum Gasteiger partial charge on any atom is 0.179 e. The standard InChI is InChI=1S/C25H21N5O/c1-2-4-24-20(3-1)13-14-22(26-24)17-31-23-15-9-19(10-16-23)6-5-18-7-11-21(12-8-18)25-27-29-30-28-25/h1-4,7-16H,5-6,17H2,(H,27,28,29,30). The number of tetrazole rings is 1. The summed E-state index contributed by atoms with van der Waals surface area (Å²) in [7, 11) is 0. The van der Waals surface area contributed by atoms with Gasteiger partial charge in [-0.15, -0.1) is 5.10 Å². The molecule has 31 heavy (non-hydrogen) atoms. The van der Waals surface area contributed by atoms with Crippen molar-refractivity contribution in [1.82, 2.24) is 25.6 Å².